The second-order valence-corrected chi connectivity index (χ2v) is 4.30. The molecular formula is C13H15NO2. The standard InChI is InChI=1S/C13H15NO2/c1-15-11-3-2-4-12(9-11)16-10-13(5-6-13)7-8-14/h2-4,9H,5-7,10H2,1H3. The Morgan fingerprint density at radius 1 is 1.38 bits per heavy atom. The van der Waals surface area contributed by atoms with Crippen LogP contribution in [-0.2, 0) is 0 Å². The van der Waals surface area contributed by atoms with Crippen LogP contribution in [-0.4, -0.2) is 13.7 Å². The van der Waals surface area contributed by atoms with Crippen LogP contribution in [0, 0.1) is 16.7 Å². The van der Waals surface area contributed by atoms with Crippen molar-refractivity contribution in [3.05, 3.63) is 24.3 Å². The summed E-state index contributed by atoms with van der Waals surface area (Å²) in [7, 11) is 1.64. The molecule has 0 unspecified atom stereocenters. The zero-order valence-electron chi connectivity index (χ0n) is 9.40. The van der Waals surface area contributed by atoms with E-state index in [0.717, 1.165) is 24.3 Å². The molecule has 1 aromatic rings. The second-order valence-electron chi connectivity index (χ2n) is 4.30. The molecule has 0 atom stereocenters. The fourth-order valence-corrected chi connectivity index (χ4v) is 1.64. The Bertz CT molecular complexity index is 405. The van der Waals surface area contributed by atoms with Gasteiger partial charge in [0.05, 0.1) is 19.8 Å². The lowest BCUT2D eigenvalue weighted by molar-refractivity contribution is 0.236. The van der Waals surface area contributed by atoms with Crippen LogP contribution < -0.4 is 9.47 Å². The Balaban J connectivity index is 1.92. The normalized spacial score (nSPS) is 16.2. The van der Waals surface area contributed by atoms with Crippen LogP contribution in [0.5, 0.6) is 11.5 Å². The third-order valence-electron chi connectivity index (χ3n) is 3.00. The van der Waals surface area contributed by atoms with E-state index >= 15 is 0 Å². The van der Waals surface area contributed by atoms with Crippen molar-refractivity contribution < 1.29 is 9.47 Å². The van der Waals surface area contributed by atoms with Crippen LogP contribution in [0.1, 0.15) is 19.3 Å². The van der Waals surface area contributed by atoms with Gasteiger partial charge in [0.25, 0.3) is 0 Å². The van der Waals surface area contributed by atoms with Crippen molar-refractivity contribution >= 4 is 0 Å². The minimum Gasteiger partial charge on any atom is -0.497 e. The van der Waals surface area contributed by atoms with Crippen molar-refractivity contribution in [2.45, 2.75) is 19.3 Å². The Morgan fingerprint density at radius 3 is 2.75 bits per heavy atom. The first-order valence-electron chi connectivity index (χ1n) is 5.42. The van der Waals surface area contributed by atoms with Gasteiger partial charge in [0.2, 0.25) is 0 Å². The van der Waals surface area contributed by atoms with E-state index in [4.69, 9.17) is 14.7 Å². The van der Waals surface area contributed by atoms with Gasteiger partial charge in [0.1, 0.15) is 11.5 Å². The van der Waals surface area contributed by atoms with Crippen LogP contribution in [0.4, 0.5) is 0 Å². The van der Waals surface area contributed by atoms with Gasteiger partial charge in [-0.3, -0.25) is 0 Å². The summed E-state index contributed by atoms with van der Waals surface area (Å²) >= 11 is 0. The Hall–Kier alpha value is -1.69. The maximum absolute atomic E-state index is 8.70. The van der Waals surface area contributed by atoms with Crippen molar-refractivity contribution in [3.63, 3.8) is 0 Å². The highest BCUT2D eigenvalue weighted by atomic mass is 16.5. The van der Waals surface area contributed by atoms with Crippen molar-refractivity contribution in [1.82, 2.24) is 0 Å². The molecule has 2 rings (SSSR count). The highest BCUT2D eigenvalue weighted by molar-refractivity contribution is 5.32. The maximum Gasteiger partial charge on any atom is 0.123 e. The van der Waals surface area contributed by atoms with Gasteiger partial charge in [0, 0.05) is 17.9 Å². The van der Waals surface area contributed by atoms with Gasteiger partial charge < -0.3 is 9.47 Å². The zero-order chi connectivity index (χ0) is 11.4. The van der Waals surface area contributed by atoms with E-state index in [0.29, 0.717) is 13.0 Å². The third-order valence-corrected chi connectivity index (χ3v) is 3.00. The number of ether oxygens (including phenoxy) is 2. The monoisotopic (exact) mass is 217 g/mol. The molecule has 3 heteroatoms. The quantitative estimate of drug-likeness (QED) is 0.761. The smallest absolute Gasteiger partial charge is 0.123 e. The average Bonchev–Trinajstić information content (AvgIpc) is 3.08. The summed E-state index contributed by atoms with van der Waals surface area (Å²) in [4.78, 5) is 0. The lowest BCUT2D eigenvalue weighted by Crippen LogP contribution is -2.12. The summed E-state index contributed by atoms with van der Waals surface area (Å²) in [6.07, 6.45) is 2.80. The average molecular weight is 217 g/mol. The van der Waals surface area contributed by atoms with E-state index in [9.17, 15) is 0 Å². The molecule has 0 spiro atoms. The third kappa shape index (κ3) is 2.46. The minimum atomic E-state index is 0.123. The van der Waals surface area contributed by atoms with Gasteiger partial charge in [0.15, 0.2) is 0 Å². The van der Waals surface area contributed by atoms with Crippen LogP contribution in [0.2, 0.25) is 0 Å². The molecule has 0 radical (unpaired) electrons. The highest BCUT2D eigenvalue weighted by Gasteiger charge is 2.43. The summed E-state index contributed by atoms with van der Waals surface area (Å²) in [6.45, 7) is 0.633. The first kappa shape index (κ1) is 10.8. The molecule has 1 aliphatic rings. The fourth-order valence-electron chi connectivity index (χ4n) is 1.64. The number of methoxy groups -OCH3 is 1. The number of nitrogens with zero attached hydrogens (tertiary/aromatic N) is 1. The largest absolute Gasteiger partial charge is 0.497 e. The first-order chi connectivity index (χ1) is 7.78. The molecule has 3 nitrogen and oxygen atoms in total. The number of hydrogen-bond donors (Lipinski definition) is 0. The fraction of sp³-hybridized carbons (Fsp3) is 0.462. The van der Waals surface area contributed by atoms with Crippen molar-refractivity contribution in [1.29, 1.82) is 5.26 Å². The highest BCUT2D eigenvalue weighted by Crippen LogP contribution is 2.48. The molecule has 0 amide bonds. The Kier molecular flexibility index (Phi) is 3.00. The van der Waals surface area contributed by atoms with Gasteiger partial charge in [-0.2, -0.15) is 5.26 Å². The van der Waals surface area contributed by atoms with Gasteiger partial charge in [-0.1, -0.05) is 6.07 Å². The number of hydrogen-bond acceptors (Lipinski definition) is 3. The minimum absolute atomic E-state index is 0.123. The topological polar surface area (TPSA) is 42.2 Å². The second kappa shape index (κ2) is 4.44. The van der Waals surface area contributed by atoms with E-state index in [1.165, 1.54) is 0 Å². The summed E-state index contributed by atoms with van der Waals surface area (Å²) in [5.41, 5.74) is 0.123. The predicted molar refractivity (Wildman–Crippen MR) is 60.4 cm³/mol. The van der Waals surface area contributed by atoms with Crippen molar-refractivity contribution in [2.75, 3.05) is 13.7 Å². The van der Waals surface area contributed by atoms with E-state index in [2.05, 4.69) is 6.07 Å². The number of nitriles is 1. The zero-order valence-corrected chi connectivity index (χ0v) is 9.40. The summed E-state index contributed by atoms with van der Waals surface area (Å²) in [5.74, 6) is 1.60. The molecule has 1 aromatic carbocycles. The number of benzene rings is 1. The molecule has 0 N–H and O–H groups in total. The van der Waals surface area contributed by atoms with Gasteiger partial charge in [-0.25, -0.2) is 0 Å². The Morgan fingerprint density at radius 2 is 2.12 bits per heavy atom. The molecule has 0 bridgehead atoms. The maximum atomic E-state index is 8.70. The van der Waals surface area contributed by atoms with Crippen molar-refractivity contribution in [3.8, 4) is 17.6 Å². The molecular weight excluding hydrogens is 202 g/mol. The molecule has 84 valence electrons. The summed E-state index contributed by atoms with van der Waals surface area (Å²) in [6, 6.07) is 9.78. The number of rotatable bonds is 5. The van der Waals surface area contributed by atoms with Gasteiger partial charge in [-0.05, 0) is 25.0 Å². The first-order valence-corrected chi connectivity index (χ1v) is 5.42. The SMILES string of the molecule is COc1cccc(OCC2(CC#N)CC2)c1. The van der Waals surface area contributed by atoms with E-state index in [-0.39, 0.29) is 5.41 Å². The molecule has 0 aromatic heterocycles. The van der Waals surface area contributed by atoms with E-state index in [1.807, 2.05) is 24.3 Å². The van der Waals surface area contributed by atoms with Crippen LogP contribution in [0.15, 0.2) is 24.3 Å². The molecule has 0 saturated heterocycles. The van der Waals surface area contributed by atoms with Crippen LogP contribution in [0.25, 0.3) is 0 Å². The lowest BCUT2D eigenvalue weighted by Gasteiger charge is -2.13. The molecule has 16 heavy (non-hydrogen) atoms. The molecule has 0 heterocycles. The summed E-state index contributed by atoms with van der Waals surface area (Å²) < 4.78 is 10.8. The van der Waals surface area contributed by atoms with E-state index in [1.54, 1.807) is 7.11 Å². The predicted octanol–water partition coefficient (Wildman–Crippen LogP) is 2.77. The molecule has 1 aliphatic carbocycles. The van der Waals surface area contributed by atoms with Crippen LogP contribution in [0.3, 0.4) is 0 Å². The van der Waals surface area contributed by atoms with E-state index < -0.39 is 0 Å². The molecule has 0 aliphatic heterocycles. The lowest BCUT2D eigenvalue weighted by atomic mass is 10.1. The van der Waals surface area contributed by atoms with Gasteiger partial charge >= 0.3 is 0 Å². The molecule has 1 fully saturated rings. The molecule has 1 saturated carbocycles. The van der Waals surface area contributed by atoms with Crippen LogP contribution >= 0.6 is 0 Å². The Labute approximate surface area is 95.6 Å². The summed E-state index contributed by atoms with van der Waals surface area (Å²) in [5, 5.41) is 8.70. The van der Waals surface area contributed by atoms with Gasteiger partial charge in [-0.15, -0.1) is 0 Å². The van der Waals surface area contributed by atoms with Crippen molar-refractivity contribution in [2.24, 2.45) is 5.41 Å².